The van der Waals surface area contributed by atoms with Crippen molar-refractivity contribution >= 4 is 15.9 Å². The van der Waals surface area contributed by atoms with Crippen molar-refractivity contribution in [2.75, 3.05) is 0 Å². The minimum absolute atomic E-state index is 0.811. The first kappa shape index (κ1) is 12.0. The minimum atomic E-state index is 0.811. The highest BCUT2D eigenvalue weighted by molar-refractivity contribution is 9.09. The first-order chi connectivity index (χ1) is 7.22. The van der Waals surface area contributed by atoms with Crippen LogP contribution in [-0.2, 0) is 0 Å². The van der Waals surface area contributed by atoms with Crippen LogP contribution in [0.3, 0.4) is 0 Å². The largest absolute Gasteiger partial charge is 0.0888 e. The third-order valence-electron chi connectivity index (χ3n) is 5.10. The minimum Gasteiger partial charge on any atom is -0.0888 e. The van der Waals surface area contributed by atoms with Crippen molar-refractivity contribution < 1.29 is 0 Å². The number of rotatable bonds is 2. The third kappa shape index (κ3) is 2.60. The molecular formula is C14H25Br. The number of alkyl halides is 1. The second-order valence-corrected chi connectivity index (χ2v) is 6.98. The van der Waals surface area contributed by atoms with Crippen LogP contribution in [-0.4, -0.2) is 4.83 Å². The molecule has 0 aromatic heterocycles. The van der Waals surface area contributed by atoms with Gasteiger partial charge in [-0.2, -0.15) is 0 Å². The van der Waals surface area contributed by atoms with Gasteiger partial charge in [-0.3, -0.25) is 0 Å². The lowest BCUT2D eigenvalue weighted by Crippen LogP contribution is -2.24. The maximum absolute atomic E-state index is 3.84. The normalized spacial score (nSPS) is 47.0. The quantitative estimate of drug-likeness (QED) is 0.620. The van der Waals surface area contributed by atoms with Gasteiger partial charge in [0, 0.05) is 4.83 Å². The monoisotopic (exact) mass is 272 g/mol. The lowest BCUT2D eigenvalue weighted by atomic mass is 9.72. The van der Waals surface area contributed by atoms with Gasteiger partial charge in [0.25, 0.3) is 0 Å². The van der Waals surface area contributed by atoms with Gasteiger partial charge in [-0.15, -0.1) is 0 Å². The van der Waals surface area contributed by atoms with Gasteiger partial charge in [-0.25, -0.2) is 0 Å². The summed E-state index contributed by atoms with van der Waals surface area (Å²) in [6.45, 7) is 4.82. The van der Waals surface area contributed by atoms with Crippen LogP contribution in [0.4, 0.5) is 0 Å². The van der Waals surface area contributed by atoms with Gasteiger partial charge in [-0.05, 0) is 49.4 Å². The molecule has 0 nitrogen and oxygen atoms in total. The Bertz CT molecular complexity index is 194. The van der Waals surface area contributed by atoms with Gasteiger partial charge < -0.3 is 0 Å². The van der Waals surface area contributed by atoms with Crippen molar-refractivity contribution in [1.82, 2.24) is 0 Å². The molecule has 0 aliphatic heterocycles. The maximum Gasteiger partial charge on any atom is 0.0174 e. The van der Waals surface area contributed by atoms with E-state index in [1.165, 1.54) is 44.9 Å². The second-order valence-electron chi connectivity index (χ2n) is 5.81. The van der Waals surface area contributed by atoms with Crippen LogP contribution in [0.1, 0.15) is 58.8 Å². The fourth-order valence-electron chi connectivity index (χ4n) is 3.84. The Morgan fingerprint density at radius 3 is 2.13 bits per heavy atom. The molecule has 0 spiro atoms. The van der Waals surface area contributed by atoms with Crippen LogP contribution in [0.2, 0.25) is 0 Å². The molecule has 0 aromatic rings. The van der Waals surface area contributed by atoms with Gasteiger partial charge in [0.1, 0.15) is 0 Å². The van der Waals surface area contributed by atoms with Crippen LogP contribution in [0.15, 0.2) is 0 Å². The van der Waals surface area contributed by atoms with E-state index in [9.17, 15) is 0 Å². The Hall–Kier alpha value is 0.480. The molecule has 1 heteroatoms. The summed E-state index contributed by atoms with van der Waals surface area (Å²) >= 11 is 3.84. The van der Waals surface area contributed by atoms with Gasteiger partial charge in [0.15, 0.2) is 0 Å². The van der Waals surface area contributed by atoms with Crippen LogP contribution >= 0.6 is 15.9 Å². The summed E-state index contributed by atoms with van der Waals surface area (Å²) in [4.78, 5) is 0.811. The first-order valence-electron chi connectivity index (χ1n) is 6.86. The number of hydrogen-bond acceptors (Lipinski definition) is 0. The zero-order valence-electron chi connectivity index (χ0n) is 10.2. The third-order valence-corrected chi connectivity index (χ3v) is 6.39. The zero-order valence-corrected chi connectivity index (χ0v) is 11.8. The summed E-state index contributed by atoms with van der Waals surface area (Å²) in [6, 6.07) is 0. The van der Waals surface area contributed by atoms with Gasteiger partial charge >= 0.3 is 0 Å². The molecule has 0 bridgehead atoms. The predicted octanol–water partition coefficient (Wildman–Crippen LogP) is 5.01. The van der Waals surface area contributed by atoms with E-state index in [0.717, 1.165) is 28.5 Å². The van der Waals surface area contributed by atoms with E-state index in [1.54, 1.807) is 0 Å². The highest BCUT2D eigenvalue weighted by atomic mass is 79.9. The molecule has 3 atom stereocenters. The lowest BCUT2D eigenvalue weighted by molar-refractivity contribution is 0.176. The van der Waals surface area contributed by atoms with E-state index in [0.29, 0.717) is 0 Å². The molecule has 2 fully saturated rings. The molecule has 0 radical (unpaired) electrons. The van der Waals surface area contributed by atoms with Crippen LogP contribution in [0, 0.1) is 23.7 Å². The van der Waals surface area contributed by atoms with Crippen molar-refractivity contribution in [3.63, 3.8) is 0 Å². The summed E-state index contributed by atoms with van der Waals surface area (Å²) < 4.78 is 0. The molecule has 0 amide bonds. The molecule has 88 valence electrons. The smallest absolute Gasteiger partial charge is 0.0174 e. The topological polar surface area (TPSA) is 0 Å². The molecule has 3 unspecified atom stereocenters. The standard InChI is InChI=1S/C14H25Br/c1-3-11-4-6-12(7-5-11)13-8-9-14(15)10(13)2/h10-14H,3-9H2,1-2H3. The Kier molecular flexibility index (Phi) is 4.15. The van der Waals surface area contributed by atoms with E-state index in [1.807, 2.05) is 0 Å². The van der Waals surface area contributed by atoms with Crippen LogP contribution < -0.4 is 0 Å². The molecule has 2 rings (SSSR count). The van der Waals surface area contributed by atoms with Gasteiger partial charge in [0.2, 0.25) is 0 Å². The summed E-state index contributed by atoms with van der Waals surface area (Å²) in [7, 11) is 0. The van der Waals surface area contributed by atoms with Crippen molar-refractivity contribution in [2.45, 2.75) is 63.6 Å². The van der Waals surface area contributed by atoms with Gasteiger partial charge in [0.05, 0.1) is 0 Å². The summed E-state index contributed by atoms with van der Waals surface area (Å²) in [5, 5.41) is 0. The van der Waals surface area contributed by atoms with Crippen molar-refractivity contribution in [3.05, 3.63) is 0 Å². The van der Waals surface area contributed by atoms with Crippen LogP contribution in [0.5, 0.6) is 0 Å². The Labute approximate surface area is 103 Å². The van der Waals surface area contributed by atoms with E-state index < -0.39 is 0 Å². The Morgan fingerprint density at radius 1 is 1.00 bits per heavy atom. The first-order valence-corrected chi connectivity index (χ1v) is 7.78. The zero-order chi connectivity index (χ0) is 10.8. The molecule has 0 N–H and O–H groups in total. The molecule has 2 aliphatic carbocycles. The number of hydrogen-bond donors (Lipinski definition) is 0. The van der Waals surface area contributed by atoms with Crippen molar-refractivity contribution in [1.29, 1.82) is 0 Å². The Morgan fingerprint density at radius 2 is 1.67 bits per heavy atom. The fraction of sp³-hybridized carbons (Fsp3) is 1.00. The molecule has 15 heavy (non-hydrogen) atoms. The highest BCUT2D eigenvalue weighted by Gasteiger charge is 2.37. The fourth-order valence-corrected chi connectivity index (χ4v) is 4.49. The Balaban J connectivity index is 1.85. The highest BCUT2D eigenvalue weighted by Crippen LogP contribution is 2.46. The van der Waals surface area contributed by atoms with Gasteiger partial charge in [-0.1, -0.05) is 49.0 Å². The summed E-state index contributed by atoms with van der Waals surface area (Å²) in [5.41, 5.74) is 0. The predicted molar refractivity (Wildman–Crippen MR) is 70.3 cm³/mol. The van der Waals surface area contributed by atoms with Crippen molar-refractivity contribution in [2.24, 2.45) is 23.7 Å². The molecule has 2 aliphatic rings. The molecule has 0 saturated heterocycles. The molecule has 2 saturated carbocycles. The lowest BCUT2D eigenvalue weighted by Gasteiger charge is -2.34. The van der Waals surface area contributed by atoms with E-state index >= 15 is 0 Å². The number of halogens is 1. The van der Waals surface area contributed by atoms with E-state index in [2.05, 4.69) is 29.8 Å². The molecule has 0 heterocycles. The molecule has 0 aromatic carbocycles. The maximum atomic E-state index is 3.84. The second kappa shape index (κ2) is 5.21. The van der Waals surface area contributed by atoms with Crippen LogP contribution in [0.25, 0.3) is 0 Å². The van der Waals surface area contributed by atoms with Crippen molar-refractivity contribution in [3.8, 4) is 0 Å². The average molecular weight is 273 g/mol. The SMILES string of the molecule is CCC1CCC(C2CCC(Br)C2C)CC1. The summed E-state index contributed by atoms with van der Waals surface area (Å²) in [5.74, 6) is 4.07. The van der Waals surface area contributed by atoms with E-state index in [4.69, 9.17) is 0 Å². The average Bonchev–Trinajstić information content (AvgIpc) is 2.60. The van der Waals surface area contributed by atoms with E-state index in [-0.39, 0.29) is 0 Å². The molecular weight excluding hydrogens is 248 g/mol. The summed E-state index contributed by atoms with van der Waals surface area (Å²) in [6.07, 6.45) is 10.4.